The van der Waals surface area contributed by atoms with Gasteiger partial charge in [-0.05, 0) is 19.1 Å². The van der Waals surface area contributed by atoms with Crippen LogP contribution >= 0.6 is 11.3 Å². The number of hydrogen-bond acceptors (Lipinski definition) is 5. The van der Waals surface area contributed by atoms with E-state index in [0.29, 0.717) is 5.13 Å². The predicted octanol–water partition coefficient (Wildman–Crippen LogP) is 3.34. The van der Waals surface area contributed by atoms with Crippen molar-refractivity contribution in [3.05, 3.63) is 40.9 Å². The minimum atomic E-state index is -0.729. The summed E-state index contributed by atoms with van der Waals surface area (Å²) in [5, 5.41) is 4.50. The first-order valence-electron chi connectivity index (χ1n) is 5.45. The molecule has 0 saturated carbocycles. The van der Waals surface area contributed by atoms with Crippen LogP contribution in [0.2, 0.25) is 0 Å². The van der Waals surface area contributed by atoms with Crippen molar-refractivity contribution in [1.29, 1.82) is 0 Å². The molecule has 0 atom stereocenters. The monoisotopic (exact) mass is 284 g/mol. The molecule has 2 aromatic rings. The van der Waals surface area contributed by atoms with Crippen molar-refractivity contribution < 1.29 is 18.3 Å². The summed E-state index contributed by atoms with van der Waals surface area (Å²) >= 11 is 1.13. The highest BCUT2D eigenvalue weighted by molar-refractivity contribution is 7.14. The molecular formula is C12H10F2N2O2S. The second kappa shape index (κ2) is 5.75. The number of nitrogens with zero attached hydrogens (tertiary/aromatic N) is 1. The SMILES string of the molecule is CCOC(=O)c1csc(Nc2ccc(F)cc2F)n1. The van der Waals surface area contributed by atoms with E-state index < -0.39 is 17.6 Å². The molecule has 7 heteroatoms. The van der Waals surface area contributed by atoms with E-state index in [1.54, 1.807) is 6.92 Å². The molecule has 0 unspecified atom stereocenters. The Morgan fingerprint density at radius 3 is 2.95 bits per heavy atom. The Balaban J connectivity index is 2.13. The maximum atomic E-state index is 13.4. The second-order valence-corrected chi connectivity index (χ2v) is 4.37. The lowest BCUT2D eigenvalue weighted by Crippen LogP contribution is -2.05. The highest BCUT2D eigenvalue weighted by Crippen LogP contribution is 2.23. The molecule has 0 saturated heterocycles. The number of nitrogens with one attached hydrogen (secondary N) is 1. The topological polar surface area (TPSA) is 51.2 Å². The Morgan fingerprint density at radius 2 is 2.26 bits per heavy atom. The Morgan fingerprint density at radius 1 is 1.47 bits per heavy atom. The molecule has 1 aromatic heterocycles. The Hall–Kier alpha value is -2.02. The fraction of sp³-hybridized carbons (Fsp3) is 0.167. The average molecular weight is 284 g/mol. The predicted molar refractivity (Wildman–Crippen MR) is 67.7 cm³/mol. The fourth-order valence-corrected chi connectivity index (χ4v) is 2.03. The van der Waals surface area contributed by atoms with Gasteiger partial charge in [-0.1, -0.05) is 0 Å². The number of carbonyl (C=O) groups excluding carboxylic acids is 1. The summed E-state index contributed by atoms with van der Waals surface area (Å²) < 4.78 is 30.9. The molecule has 0 spiro atoms. The average Bonchev–Trinajstić information content (AvgIpc) is 2.82. The van der Waals surface area contributed by atoms with Crippen LogP contribution < -0.4 is 5.32 Å². The number of hydrogen-bond donors (Lipinski definition) is 1. The third kappa shape index (κ3) is 3.25. The van der Waals surface area contributed by atoms with Crippen LogP contribution in [0.15, 0.2) is 23.6 Å². The van der Waals surface area contributed by atoms with Crippen LogP contribution in [-0.2, 0) is 4.74 Å². The molecule has 0 amide bonds. The first kappa shape index (κ1) is 13.4. The lowest BCUT2D eigenvalue weighted by molar-refractivity contribution is 0.0520. The van der Waals surface area contributed by atoms with Gasteiger partial charge in [0.05, 0.1) is 12.3 Å². The number of anilines is 2. The molecule has 4 nitrogen and oxygen atoms in total. The molecule has 0 aliphatic carbocycles. The summed E-state index contributed by atoms with van der Waals surface area (Å²) in [6.45, 7) is 1.95. The highest BCUT2D eigenvalue weighted by atomic mass is 32.1. The normalized spacial score (nSPS) is 10.3. The molecule has 100 valence electrons. The molecule has 1 N–H and O–H groups in total. The summed E-state index contributed by atoms with van der Waals surface area (Å²) in [6, 6.07) is 3.16. The van der Waals surface area contributed by atoms with Gasteiger partial charge < -0.3 is 10.1 Å². The number of ether oxygens (including phenoxy) is 1. The van der Waals surface area contributed by atoms with E-state index in [1.807, 2.05) is 0 Å². The van der Waals surface area contributed by atoms with Crippen molar-refractivity contribution in [2.45, 2.75) is 6.92 Å². The van der Waals surface area contributed by atoms with Gasteiger partial charge in [-0.3, -0.25) is 0 Å². The van der Waals surface area contributed by atoms with Gasteiger partial charge in [0, 0.05) is 11.4 Å². The Bertz CT molecular complexity index is 601. The zero-order valence-corrected chi connectivity index (χ0v) is 10.8. The van der Waals surface area contributed by atoms with Crippen molar-refractivity contribution in [2.24, 2.45) is 0 Å². The van der Waals surface area contributed by atoms with E-state index >= 15 is 0 Å². The van der Waals surface area contributed by atoms with Crippen LogP contribution in [0.5, 0.6) is 0 Å². The zero-order valence-electron chi connectivity index (χ0n) is 9.94. The van der Waals surface area contributed by atoms with E-state index in [1.165, 1.54) is 11.4 Å². The van der Waals surface area contributed by atoms with E-state index in [2.05, 4.69) is 10.3 Å². The highest BCUT2D eigenvalue weighted by Gasteiger charge is 2.12. The van der Waals surface area contributed by atoms with Gasteiger partial charge >= 0.3 is 5.97 Å². The smallest absolute Gasteiger partial charge is 0.357 e. The van der Waals surface area contributed by atoms with Gasteiger partial charge in [-0.2, -0.15) is 0 Å². The molecule has 0 aliphatic heterocycles. The lowest BCUT2D eigenvalue weighted by Gasteiger charge is -2.03. The van der Waals surface area contributed by atoms with Gasteiger partial charge in [0.25, 0.3) is 0 Å². The zero-order chi connectivity index (χ0) is 13.8. The van der Waals surface area contributed by atoms with Crippen molar-refractivity contribution in [3.8, 4) is 0 Å². The standard InChI is InChI=1S/C12H10F2N2O2S/c1-2-18-11(17)10-6-19-12(16-10)15-9-4-3-7(13)5-8(9)14/h3-6H,2H2,1H3,(H,15,16). The minimum absolute atomic E-state index is 0.0890. The summed E-state index contributed by atoms with van der Waals surface area (Å²) in [4.78, 5) is 15.4. The van der Waals surface area contributed by atoms with Crippen LogP contribution in [0, 0.1) is 11.6 Å². The third-order valence-corrected chi connectivity index (χ3v) is 2.92. The van der Waals surface area contributed by atoms with Crippen LogP contribution in [0.4, 0.5) is 19.6 Å². The second-order valence-electron chi connectivity index (χ2n) is 3.51. The third-order valence-electron chi connectivity index (χ3n) is 2.16. The molecule has 0 fully saturated rings. The molecular weight excluding hydrogens is 274 g/mol. The summed E-state index contributed by atoms with van der Waals surface area (Å²) in [7, 11) is 0. The van der Waals surface area contributed by atoms with Crippen molar-refractivity contribution in [2.75, 3.05) is 11.9 Å². The maximum Gasteiger partial charge on any atom is 0.357 e. The van der Waals surface area contributed by atoms with Crippen LogP contribution in [0.1, 0.15) is 17.4 Å². The number of esters is 1. The van der Waals surface area contributed by atoms with Crippen LogP contribution in [0.25, 0.3) is 0 Å². The Labute approximate surface area is 112 Å². The van der Waals surface area contributed by atoms with Gasteiger partial charge in [-0.15, -0.1) is 11.3 Å². The molecule has 0 bridgehead atoms. The van der Waals surface area contributed by atoms with Crippen molar-refractivity contribution >= 4 is 28.1 Å². The van der Waals surface area contributed by atoms with Crippen LogP contribution in [0.3, 0.4) is 0 Å². The van der Waals surface area contributed by atoms with E-state index in [0.717, 1.165) is 23.5 Å². The first-order valence-corrected chi connectivity index (χ1v) is 6.33. The van der Waals surface area contributed by atoms with Gasteiger partial charge in [0.15, 0.2) is 10.8 Å². The number of rotatable bonds is 4. The van der Waals surface area contributed by atoms with Crippen molar-refractivity contribution in [1.82, 2.24) is 4.98 Å². The van der Waals surface area contributed by atoms with E-state index in [9.17, 15) is 13.6 Å². The number of carbonyl (C=O) groups is 1. The Kier molecular flexibility index (Phi) is 4.06. The minimum Gasteiger partial charge on any atom is -0.461 e. The summed E-state index contributed by atoms with van der Waals surface area (Å²) in [5.41, 5.74) is 0.239. The maximum absolute atomic E-state index is 13.4. The van der Waals surface area contributed by atoms with Gasteiger partial charge in [0.2, 0.25) is 0 Å². The summed E-state index contributed by atoms with van der Waals surface area (Å²) in [5.74, 6) is -1.92. The van der Waals surface area contributed by atoms with Crippen molar-refractivity contribution in [3.63, 3.8) is 0 Å². The van der Waals surface area contributed by atoms with Crippen LogP contribution in [-0.4, -0.2) is 17.6 Å². The number of benzene rings is 1. The van der Waals surface area contributed by atoms with E-state index in [-0.39, 0.29) is 18.0 Å². The lowest BCUT2D eigenvalue weighted by atomic mass is 10.3. The number of thiazole rings is 1. The molecule has 1 heterocycles. The summed E-state index contributed by atoms with van der Waals surface area (Å²) in [6.07, 6.45) is 0. The van der Waals surface area contributed by atoms with Gasteiger partial charge in [0.1, 0.15) is 11.6 Å². The molecule has 1 aromatic carbocycles. The fourth-order valence-electron chi connectivity index (χ4n) is 1.34. The van der Waals surface area contributed by atoms with E-state index in [4.69, 9.17) is 4.74 Å². The molecule has 0 aliphatic rings. The molecule has 19 heavy (non-hydrogen) atoms. The first-order chi connectivity index (χ1) is 9.10. The molecule has 0 radical (unpaired) electrons. The molecule has 2 rings (SSSR count). The number of aromatic nitrogens is 1. The quantitative estimate of drug-likeness (QED) is 0.875. The largest absolute Gasteiger partial charge is 0.461 e. The number of halogens is 2. The van der Waals surface area contributed by atoms with Gasteiger partial charge in [-0.25, -0.2) is 18.6 Å².